The minimum atomic E-state index is -0.0347. The summed E-state index contributed by atoms with van der Waals surface area (Å²) in [4.78, 5) is 32.0. The fraction of sp³-hybridized carbons (Fsp3) is 0.304. The van der Waals surface area contributed by atoms with Gasteiger partial charge in [-0.2, -0.15) is 0 Å². The largest absolute Gasteiger partial charge is 0.334 e. The van der Waals surface area contributed by atoms with Crippen molar-refractivity contribution in [3.8, 4) is 0 Å². The van der Waals surface area contributed by atoms with Crippen molar-refractivity contribution in [3.05, 3.63) is 81.6 Å². The fourth-order valence-electron chi connectivity index (χ4n) is 3.78. The van der Waals surface area contributed by atoms with Crippen LogP contribution in [0.25, 0.3) is 10.9 Å². The highest BCUT2D eigenvalue weighted by molar-refractivity contribution is 5.81. The zero-order valence-electron chi connectivity index (χ0n) is 16.6. The van der Waals surface area contributed by atoms with Gasteiger partial charge in [0, 0.05) is 44.8 Å². The summed E-state index contributed by atoms with van der Waals surface area (Å²) in [5, 5.41) is 4.04. The van der Waals surface area contributed by atoms with Crippen molar-refractivity contribution in [1.29, 1.82) is 0 Å². The number of carbonyl (C=O) groups is 1. The van der Waals surface area contributed by atoms with E-state index in [0.29, 0.717) is 26.2 Å². The van der Waals surface area contributed by atoms with Crippen LogP contribution >= 0.6 is 0 Å². The number of rotatable bonds is 4. The monoisotopic (exact) mass is 390 g/mol. The first-order valence-corrected chi connectivity index (χ1v) is 10.0. The molecule has 1 aromatic heterocycles. The SMILES string of the molecule is Cc1cccc2cc(CN3CCN(C(=O)NCc4ccccc4)CC3)c(=O)[nH]c12. The van der Waals surface area contributed by atoms with Crippen LogP contribution in [0.15, 0.2) is 59.4 Å². The first-order valence-electron chi connectivity index (χ1n) is 10.0. The smallest absolute Gasteiger partial charge is 0.317 e. The Morgan fingerprint density at radius 1 is 1.03 bits per heavy atom. The van der Waals surface area contributed by atoms with Crippen molar-refractivity contribution in [2.24, 2.45) is 0 Å². The number of hydrogen-bond donors (Lipinski definition) is 2. The van der Waals surface area contributed by atoms with E-state index in [2.05, 4.69) is 15.2 Å². The maximum Gasteiger partial charge on any atom is 0.317 e. The number of fused-ring (bicyclic) bond motifs is 1. The molecular formula is C23H26N4O2. The van der Waals surface area contributed by atoms with Crippen LogP contribution in [0.4, 0.5) is 4.79 Å². The standard InChI is InChI=1S/C23H26N4O2/c1-17-6-5-9-19-14-20(22(28)25-21(17)19)16-26-10-12-27(13-11-26)23(29)24-15-18-7-3-2-4-8-18/h2-9,14H,10-13,15-16H2,1H3,(H,24,29)(H,25,28). The molecular weight excluding hydrogens is 364 g/mol. The second kappa shape index (κ2) is 8.49. The Kier molecular flexibility index (Phi) is 5.62. The van der Waals surface area contributed by atoms with Crippen molar-refractivity contribution in [2.45, 2.75) is 20.0 Å². The molecule has 0 aliphatic carbocycles. The van der Waals surface area contributed by atoms with Crippen LogP contribution in [0.1, 0.15) is 16.7 Å². The molecule has 0 spiro atoms. The lowest BCUT2D eigenvalue weighted by molar-refractivity contribution is 0.135. The number of aromatic amines is 1. The Bertz CT molecular complexity index is 1050. The van der Waals surface area contributed by atoms with Crippen molar-refractivity contribution < 1.29 is 4.79 Å². The number of amides is 2. The molecule has 0 unspecified atom stereocenters. The van der Waals surface area contributed by atoms with Gasteiger partial charge in [0.15, 0.2) is 0 Å². The summed E-state index contributed by atoms with van der Waals surface area (Å²) in [5.74, 6) is 0. The van der Waals surface area contributed by atoms with Crippen molar-refractivity contribution >= 4 is 16.9 Å². The van der Waals surface area contributed by atoms with Gasteiger partial charge in [-0.25, -0.2) is 4.79 Å². The molecule has 2 amide bonds. The van der Waals surface area contributed by atoms with Crippen LogP contribution in [0.2, 0.25) is 0 Å². The normalized spacial score (nSPS) is 14.9. The summed E-state index contributed by atoms with van der Waals surface area (Å²) in [5.41, 5.74) is 3.80. The van der Waals surface area contributed by atoms with Crippen LogP contribution < -0.4 is 10.9 Å². The lowest BCUT2D eigenvalue weighted by Gasteiger charge is -2.34. The Hall–Kier alpha value is -3.12. The molecule has 6 nitrogen and oxygen atoms in total. The minimum absolute atomic E-state index is 0.0326. The summed E-state index contributed by atoms with van der Waals surface area (Å²) in [6, 6.07) is 17.9. The number of para-hydroxylation sites is 1. The number of benzene rings is 2. The van der Waals surface area contributed by atoms with Gasteiger partial charge in [-0.3, -0.25) is 9.69 Å². The second-order valence-electron chi connectivity index (χ2n) is 7.57. The van der Waals surface area contributed by atoms with Crippen molar-refractivity contribution in [3.63, 3.8) is 0 Å². The molecule has 2 aromatic carbocycles. The highest BCUT2D eigenvalue weighted by Gasteiger charge is 2.21. The Morgan fingerprint density at radius 3 is 2.55 bits per heavy atom. The number of aryl methyl sites for hydroxylation is 1. The fourth-order valence-corrected chi connectivity index (χ4v) is 3.78. The predicted octanol–water partition coefficient (Wildman–Crippen LogP) is 2.86. The molecule has 2 N–H and O–H groups in total. The molecule has 0 atom stereocenters. The average molecular weight is 390 g/mol. The van der Waals surface area contributed by atoms with Gasteiger partial charge in [-0.15, -0.1) is 0 Å². The molecule has 0 radical (unpaired) electrons. The van der Waals surface area contributed by atoms with E-state index in [1.54, 1.807) is 0 Å². The van der Waals surface area contributed by atoms with E-state index in [1.165, 1.54) is 0 Å². The van der Waals surface area contributed by atoms with Crippen LogP contribution in [0.3, 0.4) is 0 Å². The summed E-state index contributed by atoms with van der Waals surface area (Å²) in [6.07, 6.45) is 0. The molecule has 3 aromatic rings. The van der Waals surface area contributed by atoms with E-state index in [9.17, 15) is 9.59 Å². The van der Waals surface area contributed by atoms with Crippen LogP contribution in [-0.4, -0.2) is 47.0 Å². The maximum absolute atomic E-state index is 12.5. The van der Waals surface area contributed by atoms with Crippen LogP contribution in [-0.2, 0) is 13.1 Å². The van der Waals surface area contributed by atoms with Gasteiger partial charge >= 0.3 is 6.03 Å². The molecule has 1 fully saturated rings. The molecule has 0 saturated carbocycles. The van der Waals surface area contributed by atoms with Gasteiger partial charge in [0.1, 0.15) is 0 Å². The van der Waals surface area contributed by atoms with Crippen molar-refractivity contribution in [2.75, 3.05) is 26.2 Å². The lowest BCUT2D eigenvalue weighted by atomic mass is 10.1. The molecule has 0 bridgehead atoms. The second-order valence-corrected chi connectivity index (χ2v) is 7.57. The molecule has 29 heavy (non-hydrogen) atoms. The quantitative estimate of drug-likeness (QED) is 0.720. The number of nitrogens with one attached hydrogen (secondary N) is 2. The number of aromatic nitrogens is 1. The number of hydrogen-bond acceptors (Lipinski definition) is 3. The topological polar surface area (TPSA) is 68.4 Å². The molecule has 2 heterocycles. The third-order valence-corrected chi connectivity index (χ3v) is 5.50. The molecule has 6 heteroatoms. The van der Waals surface area contributed by atoms with E-state index in [1.807, 2.05) is 66.4 Å². The number of urea groups is 1. The van der Waals surface area contributed by atoms with Crippen LogP contribution in [0.5, 0.6) is 0 Å². The summed E-state index contributed by atoms with van der Waals surface area (Å²) < 4.78 is 0. The third-order valence-electron chi connectivity index (χ3n) is 5.50. The molecule has 150 valence electrons. The molecule has 1 aliphatic heterocycles. The highest BCUT2D eigenvalue weighted by Crippen LogP contribution is 2.16. The zero-order chi connectivity index (χ0) is 20.2. The van der Waals surface area contributed by atoms with Gasteiger partial charge in [0.25, 0.3) is 5.56 Å². The molecule has 4 rings (SSSR count). The minimum Gasteiger partial charge on any atom is -0.334 e. The Labute approximate surface area is 170 Å². The van der Waals surface area contributed by atoms with E-state index < -0.39 is 0 Å². The summed E-state index contributed by atoms with van der Waals surface area (Å²) in [6.45, 7) is 5.95. The highest BCUT2D eigenvalue weighted by atomic mass is 16.2. The molecule has 1 saturated heterocycles. The average Bonchev–Trinajstić information content (AvgIpc) is 2.75. The first kappa shape index (κ1) is 19.2. The van der Waals surface area contributed by atoms with Crippen LogP contribution in [0, 0.1) is 6.92 Å². The van der Waals surface area contributed by atoms with E-state index in [-0.39, 0.29) is 11.6 Å². The maximum atomic E-state index is 12.5. The van der Waals surface area contributed by atoms with Gasteiger partial charge in [-0.05, 0) is 29.5 Å². The number of pyridine rings is 1. The summed E-state index contributed by atoms with van der Waals surface area (Å²) >= 11 is 0. The van der Waals surface area contributed by atoms with Gasteiger partial charge in [0.2, 0.25) is 0 Å². The van der Waals surface area contributed by atoms with Gasteiger partial charge in [0.05, 0.1) is 5.52 Å². The molecule has 1 aliphatic rings. The Balaban J connectivity index is 1.33. The number of H-pyrrole nitrogens is 1. The summed E-state index contributed by atoms with van der Waals surface area (Å²) in [7, 11) is 0. The van der Waals surface area contributed by atoms with E-state index in [0.717, 1.165) is 40.7 Å². The van der Waals surface area contributed by atoms with Gasteiger partial charge in [-0.1, -0.05) is 48.5 Å². The zero-order valence-corrected chi connectivity index (χ0v) is 16.6. The number of carbonyl (C=O) groups excluding carboxylic acids is 1. The van der Waals surface area contributed by atoms with Gasteiger partial charge < -0.3 is 15.2 Å². The first-order chi connectivity index (χ1) is 14.1. The Morgan fingerprint density at radius 2 is 1.79 bits per heavy atom. The van der Waals surface area contributed by atoms with E-state index >= 15 is 0 Å². The van der Waals surface area contributed by atoms with Crippen molar-refractivity contribution in [1.82, 2.24) is 20.1 Å². The number of nitrogens with zero attached hydrogens (tertiary/aromatic N) is 2. The predicted molar refractivity (Wildman–Crippen MR) is 115 cm³/mol. The lowest BCUT2D eigenvalue weighted by Crippen LogP contribution is -2.51. The number of piperazine rings is 1. The van der Waals surface area contributed by atoms with E-state index in [4.69, 9.17) is 0 Å². The third kappa shape index (κ3) is 4.49.